The molecule has 21 heavy (non-hydrogen) atoms. The summed E-state index contributed by atoms with van der Waals surface area (Å²) in [5.74, 6) is -1.09. The van der Waals surface area contributed by atoms with Gasteiger partial charge in [0.05, 0.1) is 21.1 Å². The summed E-state index contributed by atoms with van der Waals surface area (Å²) >= 11 is 1.34. The molecule has 2 heterocycles. The lowest BCUT2D eigenvalue weighted by Gasteiger charge is -2.08. The highest BCUT2D eigenvalue weighted by Gasteiger charge is 2.19. The molecular weight excluding hydrogens is 288 g/mol. The molecule has 3 aromatic rings. The van der Waals surface area contributed by atoms with Crippen molar-refractivity contribution in [3.05, 3.63) is 41.7 Å². The Morgan fingerprint density at radius 3 is 2.71 bits per heavy atom. The number of fused-ring (bicyclic) bond motifs is 1. The van der Waals surface area contributed by atoms with Crippen LogP contribution in [0.4, 0.5) is 0 Å². The Kier molecular flexibility index (Phi) is 3.34. The quantitative estimate of drug-likeness (QED) is 0.800. The maximum absolute atomic E-state index is 11.4. The molecule has 1 N–H and O–H groups in total. The largest absolute Gasteiger partial charge is 0.476 e. The fourth-order valence-electron chi connectivity index (χ4n) is 2.06. The van der Waals surface area contributed by atoms with Crippen LogP contribution in [0.1, 0.15) is 16.2 Å². The molecule has 1 aromatic carbocycles. The van der Waals surface area contributed by atoms with Crippen LogP contribution in [-0.4, -0.2) is 31.1 Å². The predicted molar refractivity (Wildman–Crippen MR) is 78.6 cm³/mol. The monoisotopic (exact) mass is 300 g/mol. The molecule has 0 amide bonds. The average Bonchev–Trinajstić information content (AvgIpc) is 2.77. The number of carboxylic acids is 1. The van der Waals surface area contributed by atoms with Crippen molar-refractivity contribution in [3.8, 4) is 0 Å². The second-order valence-corrected chi connectivity index (χ2v) is 5.58. The third-order valence-electron chi connectivity index (χ3n) is 2.99. The zero-order chi connectivity index (χ0) is 15.0. The van der Waals surface area contributed by atoms with Crippen molar-refractivity contribution in [2.75, 3.05) is 0 Å². The predicted octanol–water partition coefficient (Wildman–Crippen LogP) is 2.52. The van der Waals surface area contributed by atoms with Gasteiger partial charge in [-0.05, 0) is 19.1 Å². The molecule has 3 rings (SSSR count). The van der Waals surface area contributed by atoms with E-state index in [1.807, 2.05) is 44.3 Å². The first-order valence-electron chi connectivity index (χ1n) is 6.23. The first-order valence-corrected chi connectivity index (χ1v) is 7.05. The minimum absolute atomic E-state index is 0.0439. The van der Waals surface area contributed by atoms with Crippen molar-refractivity contribution in [2.24, 2.45) is 7.05 Å². The summed E-state index contributed by atoms with van der Waals surface area (Å²) in [6.45, 7) is 1.89. The maximum Gasteiger partial charge on any atom is 0.357 e. The molecule has 0 radical (unpaired) electrons. The second-order valence-electron chi connectivity index (χ2n) is 4.55. The highest BCUT2D eigenvalue weighted by Crippen LogP contribution is 2.34. The van der Waals surface area contributed by atoms with Gasteiger partial charge in [-0.1, -0.05) is 30.0 Å². The molecule has 7 heteroatoms. The number of aromatic nitrogens is 4. The molecule has 0 bridgehead atoms. The van der Waals surface area contributed by atoms with Gasteiger partial charge < -0.3 is 5.11 Å². The van der Waals surface area contributed by atoms with Crippen LogP contribution in [0, 0.1) is 6.92 Å². The molecule has 0 unspecified atom stereocenters. The molecule has 2 aromatic heterocycles. The van der Waals surface area contributed by atoms with Gasteiger partial charge in [0.25, 0.3) is 0 Å². The summed E-state index contributed by atoms with van der Waals surface area (Å²) in [5, 5.41) is 23.0. The fraction of sp³-hybridized carbons (Fsp3) is 0.143. The Morgan fingerprint density at radius 2 is 2.05 bits per heavy atom. The van der Waals surface area contributed by atoms with E-state index in [1.165, 1.54) is 11.8 Å². The Morgan fingerprint density at radius 1 is 1.29 bits per heavy atom. The van der Waals surface area contributed by atoms with Crippen molar-refractivity contribution in [3.63, 3.8) is 0 Å². The number of aryl methyl sites for hydroxylation is 2. The summed E-state index contributed by atoms with van der Waals surface area (Å²) in [4.78, 5) is 12.0. The summed E-state index contributed by atoms with van der Waals surface area (Å²) in [6, 6.07) is 9.27. The van der Waals surface area contributed by atoms with Crippen LogP contribution in [-0.2, 0) is 7.05 Å². The minimum atomic E-state index is -1.09. The van der Waals surface area contributed by atoms with E-state index >= 15 is 0 Å². The van der Waals surface area contributed by atoms with E-state index in [4.69, 9.17) is 0 Å². The summed E-state index contributed by atoms with van der Waals surface area (Å²) in [7, 11) is 1.83. The third-order valence-corrected chi connectivity index (χ3v) is 4.20. The number of rotatable bonds is 3. The Hall–Kier alpha value is -2.41. The lowest BCUT2D eigenvalue weighted by Crippen LogP contribution is -2.05. The van der Waals surface area contributed by atoms with Gasteiger partial charge in [-0.3, -0.25) is 4.68 Å². The van der Waals surface area contributed by atoms with Crippen LogP contribution in [0.15, 0.2) is 40.3 Å². The van der Waals surface area contributed by atoms with Gasteiger partial charge in [0.1, 0.15) is 0 Å². The summed E-state index contributed by atoms with van der Waals surface area (Å²) < 4.78 is 1.72. The van der Waals surface area contributed by atoms with Crippen molar-refractivity contribution < 1.29 is 9.90 Å². The molecule has 0 aliphatic carbocycles. The van der Waals surface area contributed by atoms with Crippen molar-refractivity contribution in [1.29, 1.82) is 0 Å². The Bertz CT molecular complexity index is 844. The lowest BCUT2D eigenvalue weighted by atomic mass is 10.2. The van der Waals surface area contributed by atoms with Gasteiger partial charge in [-0.25, -0.2) is 4.79 Å². The van der Waals surface area contributed by atoms with E-state index in [1.54, 1.807) is 4.68 Å². The molecule has 0 aliphatic rings. The zero-order valence-corrected chi connectivity index (χ0v) is 12.3. The number of carboxylic acid groups (broad SMARTS) is 1. The normalized spacial score (nSPS) is 11.0. The number of hydrogen-bond acceptors (Lipinski definition) is 5. The van der Waals surface area contributed by atoms with Crippen LogP contribution in [0.25, 0.3) is 10.9 Å². The molecule has 106 valence electrons. The van der Waals surface area contributed by atoms with E-state index in [2.05, 4.69) is 15.3 Å². The standard InChI is InChI=1S/C14H12N4O2S/c1-8-7-11(18(2)17-8)21-13-9-5-3-4-6-10(9)15-16-12(13)14(19)20/h3-7H,1-2H3,(H,19,20). The average molecular weight is 300 g/mol. The fourth-order valence-corrected chi connectivity index (χ4v) is 3.18. The van der Waals surface area contributed by atoms with E-state index in [9.17, 15) is 9.90 Å². The second kappa shape index (κ2) is 5.17. The van der Waals surface area contributed by atoms with Crippen LogP contribution in [0.2, 0.25) is 0 Å². The number of hydrogen-bond donors (Lipinski definition) is 1. The van der Waals surface area contributed by atoms with E-state index in [0.29, 0.717) is 10.4 Å². The van der Waals surface area contributed by atoms with Crippen molar-refractivity contribution in [2.45, 2.75) is 16.8 Å². The van der Waals surface area contributed by atoms with Gasteiger partial charge >= 0.3 is 5.97 Å². The maximum atomic E-state index is 11.4. The van der Waals surface area contributed by atoms with Gasteiger partial charge in [0.15, 0.2) is 5.69 Å². The van der Waals surface area contributed by atoms with Gasteiger partial charge in [0, 0.05) is 12.4 Å². The molecule has 0 spiro atoms. The SMILES string of the molecule is Cc1cc(Sc2c(C(=O)O)nnc3ccccc23)n(C)n1. The lowest BCUT2D eigenvalue weighted by molar-refractivity contribution is 0.0685. The number of nitrogens with zero attached hydrogens (tertiary/aromatic N) is 4. The highest BCUT2D eigenvalue weighted by molar-refractivity contribution is 7.99. The first-order chi connectivity index (χ1) is 10.1. The van der Waals surface area contributed by atoms with Crippen LogP contribution >= 0.6 is 11.8 Å². The molecule has 6 nitrogen and oxygen atoms in total. The number of aromatic carboxylic acids is 1. The molecule has 0 atom stereocenters. The van der Waals surface area contributed by atoms with E-state index in [-0.39, 0.29) is 5.69 Å². The van der Waals surface area contributed by atoms with E-state index < -0.39 is 5.97 Å². The molecule has 0 fully saturated rings. The van der Waals surface area contributed by atoms with Crippen LogP contribution in [0.5, 0.6) is 0 Å². The van der Waals surface area contributed by atoms with Gasteiger partial charge in [-0.15, -0.1) is 10.2 Å². The van der Waals surface area contributed by atoms with E-state index in [0.717, 1.165) is 16.1 Å². The van der Waals surface area contributed by atoms with Crippen LogP contribution in [0.3, 0.4) is 0 Å². The molecule has 0 saturated carbocycles. The first kappa shape index (κ1) is 13.6. The van der Waals surface area contributed by atoms with Crippen molar-refractivity contribution in [1.82, 2.24) is 20.0 Å². The van der Waals surface area contributed by atoms with Crippen LogP contribution < -0.4 is 0 Å². The zero-order valence-electron chi connectivity index (χ0n) is 11.4. The molecule has 0 saturated heterocycles. The van der Waals surface area contributed by atoms with Gasteiger partial charge in [0.2, 0.25) is 0 Å². The molecule has 0 aliphatic heterocycles. The topological polar surface area (TPSA) is 80.9 Å². The Labute approximate surface area is 124 Å². The summed E-state index contributed by atoms with van der Waals surface area (Å²) in [5.41, 5.74) is 1.50. The smallest absolute Gasteiger partial charge is 0.357 e. The summed E-state index contributed by atoms with van der Waals surface area (Å²) in [6.07, 6.45) is 0. The Balaban J connectivity index is 2.21. The number of benzene rings is 1. The van der Waals surface area contributed by atoms with Crippen molar-refractivity contribution >= 4 is 28.6 Å². The van der Waals surface area contributed by atoms with Gasteiger partial charge in [-0.2, -0.15) is 5.10 Å². The minimum Gasteiger partial charge on any atom is -0.476 e. The molecular formula is C14H12N4O2S. The number of carbonyl (C=O) groups is 1. The third kappa shape index (κ3) is 2.47. The highest BCUT2D eigenvalue weighted by atomic mass is 32.2.